The molecule has 12 heavy (non-hydrogen) atoms. The standard InChI is InChI=1S/C8H10O4/c1-11-6-3-5(9)4-7(12-2)8(6)10/h3-4,9-10H,1-2H3/p-2. The fraction of sp³-hybridized carbons (Fsp3) is 0.250. The first-order chi connectivity index (χ1) is 5.69. The van der Waals surface area contributed by atoms with Crippen LogP contribution in [0.1, 0.15) is 0 Å². The number of benzene rings is 1. The number of rotatable bonds is 2. The molecule has 66 valence electrons. The zero-order chi connectivity index (χ0) is 9.14. The molecule has 0 atom stereocenters. The third-order valence-corrected chi connectivity index (χ3v) is 1.43. The van der Waals surface area contributed by atoms with Crippen LogP contribution in [0, 0.1) is 0 Å². The van der Waals surface area contributed by atoms with Gasteiger partial charge in [-0.1, -0.05) is 0 Å². The first-order valence-corrected chi connectivity index (χ1v) is 3.29. The quantitative estimate of drug-likeness (QED) is 0.616. The molecule has 0 heterocycles. The van der Waals surface area contributed by atoms with Crippen LogP contribution in [0.4, 0.5) is 0 Å². The summed E-state index contributed by atoms with van der Waals surface area (Å²) in [4.78, 5) is 0. The first-order valence-electron chi connectivity index (χ1n) is 3.29. The van der Waals surface area contributed by atoms with Crippen LogP contribution < -0.4 is 19.7 Å². The summed E-state index contributed by atoms with van der Waals surface area (Å²) in [6.07, 6.45) is 0. The molecule has 0 amide bonds. The summed E-state index contributed by atoms with van der Waals surface area (Å²) < 4.78 is 9.35. The zero-order valence-corrected chi connectivity index (χ0v) is 6.79. The van der Waals surface area contributed by atoms with Crippen LogP contribution in [0.3, 0.4) is 0 Å². The van der Waals surface area contributed by atoms with Crippen molar-refractivity contribution < 1.29 is 19.7 Å². The van der Waals surface area contributed by atoms with Gasteiger partial charge in [0, 0.05) is 0 Å². The van der Waals surface area contributed by atoms with Gasteiger partial charge in [0.2, 0.25) is 0 Å². The number of hydrogen-bond acceptors (Lipinski definition) is 4. The molecule has 1 aromatic rings. The lowest BCUT2D eigenvalue weighted by atomic mass is 10.3. The van der Waals surface area contributed by atoms with Gasteiger partial charge < -0.3 is 19.7 Å². The lowest BCUT2D eigenvalue weighted by molar-refractivity contribution is -0.277. The molecule has 4 nitrogen and oxygen atoms in total. The Labute approximate surface area is 70.0 Å². The molecule has 0 unspecified atom stereocenters. The van der Waals surface area contributed by atoms with Crippen molar-refractivity contribution in [3.8, 4) is 23.0 Å². The molecule has 0 bridgehead atoms. The second-order valence-corrected chi connectivity index (χ2v) is 2.16. The van der Waals surface area contributed by atoms with Gasteiger partial charge in [0.15, 0.2) is 0 Å². The first kappa shape index (κ1) is 8.52. The smallest absolute Gasteiger partial charge is 0.114 e. The van der Waals surface area contributed by atoms with Gasteiger partial charge in [0.1, 0.15) is 11.5 Å². The topological polar surface area (TPSA) is 64.6 Å². The molecule has 0 spiro atoms. The van der Waals surface area contributed by atoms with Gasteiger partial charge in [0.05, 0.1) is 14.2 Å². The maximum Gasteiger partial charge on any atom is 0.114 e. The molecule has 0 radical (unpaired) electrons. The Kier molecular flexibility index (Phi) is 2.28. The molecule has 0 aromatic heterocycles. The predicted octanol–water partition coefficient (Wildman–Crippen LogP) is -0.149. The molecule has 0 aliphatic rings. The molecule has 1 rings (SSSR count). The molecular weight excluding hydrogens is 160 g/mol. The Morgan fingerprint density at radius 1 is 1.00 bits per heavy atom. The van der Waals surface area contributed by atoms with Crippen LogP contribution >= 0.6 is 0 Å². The summed E-state index contributed by atoms with van der Waals surface area (Å²) in [5, 5.41) is 22.1. The van der Waals surface area contributed by atoms with Gasteiger partial charge in [-0.15, -0.1) is 5.75 Å². The number of ether oxygens (including phenoxy) is 2. The predicted molar refractivity (Wildman–Crippen MR) is 38.4 cm³/mol. The maximum absolute atomic E-state index is 11.2. The Morgan fingerprint density at radius 2 is 1.42 bits per heavy atom. The highest BCUT2D eigenvalue weighted by molar-refractivity contribution is 5.53. The van der Waals surface area contributed by atoms with Crippen molar-refractivity contribution in [1.82, 2.24) is 0 Å². The van der Waals surface area contributed by atoms with Crippen molar-refractivity contribution >= 4 is 0 Å². The van der Waals surface area contributed by atoms with Crippen molar-refractivity contribution in [3.05, 3.63) is 12.1 Å². The van der Waals surface area contributed by atoms with Crippen molar-refractivity contribution in [2.75, 3.05) is 14.2 Å². The Balaban J connectivity index is 3.22. The van der Waals surface area contributed by atoms with E-state index in [2.05, 4.69) is 9.47 Å². The lowest BCUT2D eigenvalue weighted by Gasteiger charge is -2.19. The lowest BCUT2D eigenvalue weighted by Crippen LogP contribution is -2.01. The van der Waals surface area contributed by atoms with Gasteiger partial charge in [-0.3, -0.25) is 0 Å². The summed E-state index contributed by atoms with van der Waals surface area (Å²) in [6.45, 7) is 0. The Hall–Kier alpha value is -1.58. The van der Waals surface area contributed by atoms with Gasteiger partial charge in [-0.05, 0) is 17.9 Å². The van der Waals surface area contributed by atoms with Crippen molar-refractivity contribution in [3.63, 3.8) is 0 Å². The van der Waals surface area contributed by atoms with Crippen LogP contribution in [0.15, 0.2) is 12.1 Å². The Morgan fingerprint density at radius 3 is 1.75 bits per heavy atom. The molecule has 0 saturated heterocycles. The normalized spacial score (nSPS) is 9.50. The van der Waals surface area contributed by atoms with E-state index >= 15 is 0 Å². The largest absolute Gasteiger partial charge is 0.872 e. The molecule has 0 aliphatic heterocycles. The van der Waals surface area contributed by atoms with Crippen LogP contribution in [0.5, 0.6) is 23.0 Å². The third kappa shape index (κ3) is 1.37. The summed E-state index contributed by atoms with van der Waals surface area (Å²) in [5.74, 6) is -0.679. The second-order valence-electron chi connectivity index (χ2n) is 2.16. The van der Waals surface area contributed by atoms with E-state index in [9.17, 15) is 10.2 Å². The van der Waals surface area contributed by atoms with E-state index in [4.69, 9.17) is 0 Å². The monoisotopic (exact) mass is 168 g/mol. The van der Waals surface area contributed by atoms with Crippen LogP contribution in [0.2, 0.25) is 0 Å². The maximum atomic E-state index is 11.2. The van der Waals surface area contributed by atoms with Gasteiger partial charge >= 0.3 is 0 Å². The molecule has 4 heteroatoms. The molecule has 0 saturated carbocycles. The molecule has 0 N–H and O–H groups in total. The van der Waals surface area contributed by atoms with E-state index in [0.29, 0.717) is 0 Å². The Bertz CT molecular complexity index is 257. The average Bonchev–Trinajstić information content (AvgIpc) is 2.08. The van der Waals surface area contributed by atoms with E-state index in [1.165, 1.54) is 14.2 Å². The summed E-state index contributed by atoms with van der Waals surface area (Å²) in [5.41, 5.74) is 0. The van der Waals surface area contributed by atoms with E-state index < -0.39 is 5.75 Å². The van der Waals surface area contributed by atoms with E-state index in [1.807, 2.05) is 0 Å². The average molecular weight is 168 g/mol. The highest BCUT2D eigenvalue weighted by atomic mass is 16.5. The minimum absolute atomic E-state index is 0.0133. The minimum Gasteiger partial charge on any atom is -0.872 e. The minimum atomic E-state index is -0.403. The summed E-state index contributed by atoms with van der Waals surface area (Å²) in [6, 6.07) is 2.26. The van der Waals surface area contributed by atoms with Crippen molar-refractivity contribution in [2.24, 2.45) is 0 Å². The van der Waals surface area contributed by atoms with Gasteiger partial charge in [-0.2, -0.15) is 0 Å². The third-order valence-electron chi connectivity index (χ3n) is 1.43. The number of hydrogen-bond donors (Lipinski definition) is 0. The molecular formula is C8H8O4-2. The highest BCUT2D eigenvalue weighted by Gasteiger charge is 1.98. The van der Waals surface area contributed by atoms with E-state index in [-0.39, 0.29) is 17.2 Å². The summed E-state index contributed by atoms with van der Waals surface area (Å²) >= 11 is 0. The summed E-state index contributed by atoms with van der Waals surface area (Å²) in [7, 11) is 2.66. The fourth-order valence-corrected chi connectivity index (χ4v) is 0.856. The molecule has 0 fully saturated rings. The van der Waals surface area contributed by atoms with Gasteiger partial charge in [-0.25, -0.2) is 0 Å². The van der Waals surface area contributed by atoms with Crippen molar-refractivity contribution in [1.29, 1.82) is 0 Å². The number of methoxy groups -OCH3 is 2. The van der Waals surface area contributed by atoms with Crippen LogP contribution in [-0.2, 0) is 0 Å². The zero-order valence-electron chi connectivity index (χ0n) is 6.79. The van der Waals surface area contributed by atoms with E-state index in [0.717, 1.165) is 12.1 Å². The van der Waals surface area contributed by atoms with Crippen LogP contribution in [0.25, 0.3) is 0 Å². The van der Waals surface area contributed by atoms with Crippen LogP contribution in [-0.4, -0.2) is 14.2 Å². The van der Waals surface area contributed by atoms with Crippen molar-refractivity contribution in [2.45, 2.75) is 0 Å². The SMILES string of the molecule is COc1cc([O-])cc(OC)c1[O-]. The fourth-order valence-electron chi connectivity index (χ4n) is 0.856. The molecule has 1 aromatic carbocycles. The van der Waals surface area contributed by atoms with Gasteiger partial charge in [0.25, 0.3) is 0 Å². The molecule has 0 aliphatic carbocycles. The highest BCUT2D eigenvalue weighted by Crippen LogP contribution is 2.35. The van der Waals surface area contributed by atoms with E-state index in [1.54, 1.807) is 0 Å². The second kappa shape index (κ2) is 3.21.